The standard InChI is InChI=1S/C21H21ClN4O/c22-19-6-3-9-23-20(19)26-14-16(12-24-26)13-25-10-7-21(8-11-25)18-5-2-1-4-17(18)15-27-21/h1-6,9,12,14H,7-8,10-11,13,15H2. The molecule has 5 nitrogen and oxygen atoms in total. The number of halogens is 1. The highest BCUT2D eigenvalue weighted by molar-refractivity contribution is 6.32. The maximum atomic E-state index is 6.26. The lowest BCUT2D eigenvalue weighted by Crippen LogP contribution is -2.42. The van der Waals surface area contributed by atoms with E-state index in [9.17, 15) is 0 Å². The molecule has 4 heterocycles. The average Bonchev–Trinajstić information content (AvgIpc) is 3.30. The molecule has 0 aliphatic carbocycles. The molecule has 3 aromatic rings. The summed E-state index contributed by atoms with van der Waals surface area (Å²) in [5.41, 5.74) is 3.82. The van der Waals surface area contributed by atoms with Crippen LogP contribution in [0.2, 0.25) is 5.02 Å². The van der Waals surface area contributed by atoms with Crippen molar-refractivity contribution in [1.29, 1.82) is 0 Å². The summed E-state index contributed by atoms with van der Waals surface area (Å²) in [5.74, 6) is 0.666. The van der Waals surface area contributed by atoms with Crippen LogP contribution in [-0.2, 0) is 23.5 Å². The van der Waals surface area contributed by atoms with Crippen molar-refractivity contribution in [2.45, 2.75) is 31.6 Å². The zero-order chi connectivity index (χ0) is 18.3. The van der Waals surface area contributed by atoms with Crippen LogP contribution >= 0.6 is 11.6 Å². The highest BCUT2D eigenvalue weighted by Crippen LogP contribution is 2.44. The van der Waals surface area contributed by atoms with Crippen molar-refractivity contribution in [3.05, 3.63) is 76.7 Å². The minimum absolute atomic E-state index is 0.0846. The Kier molecular flexibility index (Phi) is 4.23. The average molecular weight is 381 g/mol. The molecule has 0 saturated carbocycles. The Balaban J connectivity index is 1.26. The molecule has 1 fully saturated rings. The maximum Gasteiger partial charge on any atom is 0.172 e. The van der Waals surface area contributed by atoms with Crippen LogP contribution in [0.15, 0.2) is 55.0 Å². The van der Waals surface area contributed by atoms with E-state index < -0.39 is 0 Å². The lowest BCUT2D eigenvalue weighted by atomic mass is 9.84. The van der Waals surface area contributed by atoms with Crippen molar-refractivity contribution in [2.24, 2.45) is 0 Å². The number of fused-ring (bicyclic) bond motifs is 2. The summed E-state index contributed by atoms with van der Waals surface area (Å²) in [6, 6.07) is 12.3. The molecule has 0 amide bonds. The smallest absolute Gasteiger partial charge is 0.172 e. The summed E-state index contributed by atoms with van der Waals surface area (Å²) in [6.07, 6.45) is 7.71. The van der Waals surface area contributed by atoms with Gasteiger partial charge in [-0.15, -0.1) is 0 Å². The summed E-state index contributed by atoms with van der Waals surface area (Å²) < 4.78 is 8.01. The van der Waals surface area contributed by atoms with Gasteiger partial charge >= 0.3 is 0 Å². The Labute approximate surface area is 163 Å². The molecular weight excluding hydrogens is 360 g/mol. The van der Waals surface area contributed by atoms with E-state index >= 15 is 0 Å². The summed E-state index contributed by atoms with van der Waals surface area (Å²) in [5, 5.41) is 5.03. The van der Waals surface area contributed by atoms with Crippen LogP contribution in [0.3, 0.4) is 0 Å². The Morgan fingerprint density at radius 1 is 1.11 bits per heavy atom. The molecule has 0 N–H and O–H groups in total. The topological polar surface area (TPSA) is 43.2 Å². The fourth-order valence-corrected chi connectivity index (χ4v) is 4.44. The molecule has 1 spiro atoms. The van der Waals surface area contributed by atoms with Crippen molar-refractivity contribution in [2.75, 3.05) is 13.1 Å². The highest BCUT2D eigenvalue weighted by atomic mass is 35.5. The van der Waals surface area contributed by atoms with E-state index in [1.165, 1.54) is 16.7 Å². The largest absolute Gasteiger partial charge is 0.365 e. The fraction of sp³-hybridized carbons (Fsp3) is 0.333. The van der Waals surface area contributed by atoms with E-state index in [1.807, 2.05) is 24.5 Å². The zero-order valence-electron chi connectivity index (χ0n) is 15.0. The summed E-state index contributed by atoms with van der Waals surface area (Å²) >= 11 is 6.22. The van der Waals surface area contributed by atoms with Crippen LogP contribution in [0.25, 0.3) is 5.82 Å². The van der Waals surface area contributed by atoms with Crippen molar-refractivity contribution < 1.29 is 4.74 Å². The maximum absolute atomic E-state index is 6.26. The highest BCUT2D eigenvalue weighted by Gasteiger charge is 2.42. The molecule has 2 aromatic heterocycles. The lowest BCUT2D eigenvalue weighted by Gasteiger charge is -2.39. The first-order valence-electron chi connectivity index (χ1n) is 9.33. The second kappa shape index (κ2) is 6.75. The van der Waals surface area contributed by atoms with Crippen LogP contribution in [0.1, 0.15) is 29.5 Å². The second-order valence-corrected chi connectivity index (χ2v) is 7.73. The van der Waals surface area contributed by atoms with Crippen LogP contribution in [0, 0.1) is 0 Å². The molecule has 6 heteroatoms. The number of rotatable bonds is 3. The van der Waals surface area contributed by atoms with E-state index in [2.05, 4.69) is 39.2 Å². The number of hydrogen-bond acceptors (Lipinski definition) is 4. The van der Waals surface area contributed by atoms with Gasteiger partial charge in [0.1, 0.15) is 0 Å². The van der Waals surface area contributed by atoms with Gasteiger partial charge in [-0.25, -0.2) is 9.67 Å². The van der Waals surface area contributed by atoms with Crippen molar-refractivity contribution >= 4 is 11.6 Å². The lowest BCUT2D eigenvalue weighted by molar-refractivity contribution is -0.0799. The predicted molar refractivity (Wildman–Crippen MR) is 104 cm³/mol. The van der Waals surface area contributed by atoms with Gasteiger partial charge in [-0.3, -0.25) is 4.90 Å². The number of piperidine rings is 1. The van der Waals surface area contributed by atoms with Crippen LogP contribution in [0.4, 0.5) is 0 Å². The summed E-state index contributed by atoms with van der Waals surface area (Å²) in [4.78, 5) is 6.79. The van der Waals surface area contributed by atoms with Gasteiger partial charge in [0.15, 0.2) is 5.82 Å². The zero-order valence-corrected chi connectivity index (χ0v) is 15.8. The summed E-state index contributed by atoms with van der Waals surface area (Å²) in [7, 11) is 0. The van der Waals surface area contributed by atoms with E-state index in [1.54, 1.807) is 10.9 Å². The van der Waals surface area contributed by atoms with Gasteiger partial charge in [0.05, 0.1) is 23.4 Å². The third kappa shape index (κ3) is 3.06. The van der Waals surface area contributed by atoms with Crippen LogP contribution < -0.4 is 0 Å². The number of pyridine rings is 1. The van der Waals surface area contributed by atoms with Crippen molar-refractivity contribution in [3.8, 4) is 5.82 Å². The monoisotopic (exact) mass is 380 g/mol. The van der Waals surface area contributed by atoms with E-state index in [0.29, 0.717) is 10.8 Å². The Morgan fingerprint density at radius 3 is 2.81 bits per heavy atom. The van der Waals surface area contributed by atoms with Crippen LogP contribution in [0.5, 0.6) is 0 Å². The van der Waals surface area contributed by atoms with Gasteiger partial charge in [-0.1, -0.05) is 35.9 Å². The van der Waals surface area contributed by atoms with Gasteiger partial charge in [0.2, 0.25) is 0 Å². The molecule has 27 heavy (non-hydrogen) atoms. The molecule has 0 radical (unpaired) electrons. The second-order valence-electron chi connectivity index (χ2n) is 7.32. The van der Waals surface area contributed by atoms with Crippen molar-refractivity contribution in [3.63, 3.8) is 0 Å². The number of benzene rings is 1. The normalized spacial score (nSPS) is 18.7. The Morgan fingerprint density at radius 2 is 1.96 bits per heavy atom. The van der Waals surface area contributed by atoms with Gasteiger partial charge in [-0.05, 0) is 36.1 Å². The molecular formula is C21H21ClN4O. The van der Waals surface area contributed by atoms with Gasteiger partial charge in [0, 0.05) is 37.6 Å². The SMILES string of the molecule is Clc1cccnc1-n1cc(CN2CCC3(CC2)OCc2ccccc23)cn1. The molecule has 138 valence electrons. The molecule has 5 rings (SSSR count). The first-order chi connectivity index (χ1) is 13.2. The first-order valence-corrected chi connectivity index (χ1v) is 9.70. The van der Waals surface area contributed by atoms with E-state index in [4.69, 9.17) is 16.3 Å². The van der Waals surface area contributed by atoms with E-state index in [-0.39, 0.29) is 5.60 Å². The van der Waals surface area contributed by atoms with Crippen LogP contribution in [-0.4, -0.2) is 32.8 Å². The molecule has 0 bridgehead atoms. The molecule has 0 unspecified atom stereocenters. The molecule has 2 aliphatic rings. The number of nitrogens with zero attached hydrogens (tertiary/aromatic N) is 4. The number of likely N-dealkylation sites (tertiary alicyclic amines) is 1. The fourth-order valence-electron chi connectivity index (χ4n) is 4.23. The quantitative estimate of drug-likeness (QED) is 0.690. The minimum atomic E-state index is -0.0846. The Hall–Kier alpha value is -2.21. The molecule has 1 aromatic carbocycles. The van der Waals surface area contributed by atoms with Gasteiger partial charge in [0.25, 0.3) is 0 Å². The summed E-state index contributed by atoms with van der Waals surface area (Å²) in [6.45, 7) is 3.66. The Bertz CT molecular complexity index is 962. The van der Waals surface area contributed by atoms with E-state index in [0.717, 1.165) is 39.1 Å². The third-order valence-corrected chi connectivity index (χ3v) is 5.97. The third-order valence-electron chi connectivity index (χ3n) is 5.67. The van der Waals surface area contributed by atoms with Crippen molar-refractivity contribution in [1.82, 2.24) is 19.7 Å². The molecule has 0 atom stereocenters. The number of aromatic nitrogens is 3. The predicted octanol–water partition coefficient (Wildman–Crippen LogP) is 3.94. The minimum Gasteiger partial charge on any atom is -0.365 e. The molecule has 2 aliphatic heterocycles. The first kappa shape index (κ1) is 16.9. The van der Waals surface area contributed by atoms with Gasteiger partial charge < -0.3 is 4.74 Å². The number of ether oxygens (including phenoxy) is 1. The van der Waals surface area contributed by atoms with Gasteiger partial charge in [-0.2, -0.15) is 5.10 Å². The number of hydrogen-bond donors (Lipinski definition) is 0. The molecule has 1 saturated heterocycles.